The number of aryl methyl sites for hydroxylation is 1. The summed E-state index contributed by atoms with van der Waals surface area (Å²) in [6.45, 7) is 2.97. The van der Waals surface area contributed by atoms with E-state index in [1.54, 1.807) is 13.0 Å². The maximum absolute atomic E-state index is 13.5. The summed E-state index contributed by atoms with van der Waals surface area (Å²) in [5, 5.41) is 6.76. The molecule has 0 spiro atoms. The first-order valence-corrected chi connectivity index (χ1v) is 10.2. The summed E-state index contributed by atoms with van der Waals surface area (Å²) in [5.74, 6) is 0.150. The molecule has 1 aliphatic rings. The molecule has 1 aromatic heterocycles. The molecule has 1 aliphatic heterocycles. The molecule has 0 saturated carbocycles. The SMILES string of the molecule is Cc1cc(C(=O)NC2CCN(C(=O)C(c3ccccc3)c3ccccc3)CC2)no1. The van der Waals surface area contributed by atoms with E-state index in [0.717, 1.165) is 11.1 Å². The van der Waals surface area contributed by atoms with Gasteiger partial charge in [-0.05, 0) is 30.9 Å². The van der Waals surface area contributed by atoms with Crippen LogP contribution in [0, 0.1) is 6.92 Å². The molecular weight excluding hydrogens is 378 g/mol. The van der Waals surface area contributed by atoms with Crippen molar-refractivity contribution in [3.05, 3.63) is 89.3 Å². The Hall–Kier alpha value is -3.41. The van der Waals surface area contributed by atoms with Crippen molar-refractivity contribution in [1.82, 2.24) is 15.4 Å². The molecule has 0 atom stereocenters. The van der Waals surface area contributed by atoms with E-state index in [-0.39, 0.29) is 23.8 Å². The number of piperidine rings is 1. The molecule has 0 unspecified atom stereocenters. The van der Waals surface area contributed by atoms with Gasteiger partial charge in [0.1, 0.15) is 5.76 Å². The second kappa shape index (κ2) is 8.95. The highest BCUT2D eigenvalue weighted by atomic mass is 16.5. The van der Waals surface area contributed by atoms with Gasteiger partial charge in [0.05, 0.1) is 5.92 Å². The number of amides is 2. The first-order chi connectivity index (χ1) is 14.6. The third kappa shape index (κ3) is 4.43. The van der Waals surface area contributed by atoms with Gasteiger partial charge in [0.2, 0.25) is 5.91 Å². The average Bonchev–Trinajstić information content (AvgIpc) is 3.22. The molecule has 3 aromatic rings. The van der Waals surface area contributed by atoms with Crippen molar-refractivity contribution < 1.29 is 14.1 Å². The molecule has 1 saturated heterocycles. The fourth-order valence-corrected chi connectivity index (χ4v) is 3.93. The highest BCUT2D eigenvalue weighted by Gasteiger charge is 2.31. The van der Waals surface area contributed by atoms with Gasteiger partial charge in [0.25, 0.3) is 5.91 Å². The van der Waals surface area contributed by atoms with Gasteiger partial charge in [-0.25, -0.2) is 0 Å². The second-order valence-electron chi connectivity index (χ2n) is 7.65. The molecule has 1 N–H and O–H groups in total. The topological polar surface area (TPSA) is 75.4 Å². The Morgan fingerprint density at radius 3 is 2.07 bits per heavy atom. The number of hydrogen-bond acceptors (Lipinski definition) is 4. The molecule has 0 aliphatic carbocycles. The molecule has 6 heteroatoms. The second-order valence-corrected chi connectivity index (χ2v) is 7.65. The molecule has 2 aromatic carbocycles. The van der Waals surface area contributed by atoms with E-state index < -0.39 is 0 Å². The Kier molecular flexibility index (Phi) is 5.93. The van der Waals surface area contributed by atoms with Crippen LogP contribution in [-0.2, 0) is 4.79 Å². The monoisotopic (exact) mass is 403 g/mol. The molecule has 0 bridgehead atoms. The molecular formula is C24H25N3O3. The van der Waals surface area contributed by atoms with Crippen molar-refractivity contribution in [2.75, 3.05) is 13.1 Å². The van der Waals surface area contributed by atoms with Crippen LogP contribution in [0.25, 0.3) is 0 Å². The number of rotatable bonds is 5. The molecule has 2 heterocycles. The predicted molar refractivity (Wildman–Crippen MR) is 113 cm³/mol. The van der Waals surface area contributed by atoms with Crippen molar-refractivity contribution in [3.63, 3.8) is 0 Å². The van der Waals surface area contributed by atoms with Crippen LogP contribution in [-0.4, -0.2) is 41.0 Å². The van der Waals surface area contributed by atoms with Crippen molar-refractivity contribution in [2.45, 2.75) is 31.7 Å². The Balaban J connectivity index is 1.42. The standard InChI is InChI=1S/C24H25N3O3/c1-17-16-21(26-30-17)23(28)25-20-12-14-27(15-13-20)24(29)22(18-8-4-2-5-9-18)19-10-6-3-7-11-19/h2-11,16,20,22H,12-15H2,1H3,(H,25,28). The van der Waals surface area contributed by atoms with Gasteiger partial charge in [-0.1, -0.05) is 65.8 Å². The average molecular weight is 403 g/mol. The van der Waals surface area contributed by atoms with Crippen molar-refractivity contribution in [1.29, 1.82) is 0 Å². The van der Waals surface area contributed by atoms with Crippen LogP contribution in [0.4, 0.5) is 0 Å². The number of aromatic nitrogens is 1. The molecule has 0 radical (unpaired) electrons. The third-order valence-electron chi connectivity index (χ3n) is 5.52. The van der Waals surface area contributed by atoms with Gasteiger partial charge in [-0.3, -0.25) is 9.59 Å². The third-order valence-corrected chi connectivity index (χ3v) is 5.52. The number of likely N-dealkylation sites (tertiary alicyclic amines) is 1. The number of hydrogen-bond donors (Lipinski definition) is 1. The number of carbonyl (C=O) groups is 2. The highest BCUT2D eigenvalue weighted by molar-refractivity contribution is 5.92. The quantitative estimate of drug-likeness (QED) is 0.707. The molecule has 6 nitrogen and oxygen atoms in total. The van der Waals surface area contributed by atoms with E-state index in [2.05, 4.69) is 10.5 Å². The van der Waals surface area contributed by atoms with Gasteiger partial charge in [0, 0.05) is 25.2 Å². The molecule has 4 rings (SSSR count). The minimum atomic E-state index is -0.323. The fourth-order valence-electron chi connectivity index (χ4n) is 3.93. The van der Waals surface area contributed by atoms with Gasteiger partial charge < -0.3 is 14.7 Å². The van der Waals surface area contributed by atoms with E-state index in [4.69, 9.17) is 4.52 Å². The van der Waals surface area contributed by atoms with Gasteiger partial charge >= 0.3 is 0 Å². The lowest BCUT2D eigenvalue weighted by Gasteiger charge is -2.34. The zero-order valence-electron chi connectivity index (χ0n) is 17.0. The maximum atomic E-state index is 13.5. The maximum Gasteiger partial charge on any atom is 0.273 e. The van der Waals surface area contributed by atoms with Crippen LogP contribution in [0.5, 0.6) is 0 Å². The summed E-state index contributed by atoms with van der Waals surface area (Å²) < 4.78 is 4.97. The predicted octanol–water partition coefficient (Wildman–Crippen LogP) is 3.54. The Morgan fingerprint density at radius 2 is 1.57 bits per heavy atom. The van der Waals surface area contributed by atoms with Crippen LogP contribution in [0.15, 0.2) is 71.3 Å². The van der Waals surface area contributed by atoms with Gasteiger partial charge in [-0.15, -0.1) is 0 Å². The lowest BCUT2D eigenvalue weighted by Crippen LogP contribution is -2.47. The fraction of sp³-hybridized carbons (Fsp3) is 0.292. The number of carbonyl (C=O) groups excluding carboxylic acids is 2. The highest BCUT2D eigenvalue weighted by Crippen LogP contribution is 2.28. The minimum absolute atomic E-state index is 0.0189. The molecule has 2 amide bonds. The largest absolute Gasteiger partial charge is 0.361 e. The first kappa shape index (κ1) is 19.9. The van der Waals surface area contributed by atoms with Crippen molar-refractivity contribution in [3.8, 4) is 0 Å². The Bertz CT molecular complexity index is 953. The Labute approximate surface area is 175 Å². The Morgan fingerprint density at radius 1 is 1.00 bits per heavy atom. The van der Waals surface area contributed by atoms with E-state index in [0.29, 0.717) is 37.4 Å². The smallest absolute Gasteiger partial charge is 0.273 e. The number of benzene rings is 2. The lowest BCUT2D eigenvalue weighted by atomic mass is 9.89. The van der Waals surface area contributed by atoms with Crippen LogP contribution < -0.4 is 5.32 Å². The minimum Gasteiger partial charge on any atom is -0.361 e. The van der Waals surface area contributed by atoms with Gasteiger partial charge in [0.15, 0.2) is 5.69 Å². The van der Waals surface area contributed by atoms with E-state index in [1.165, 1.54) is 0 Å². The van der Waals surface area contributed by atoms with E-state index in [1.807, 2.05) is 65.6 Å². The summed E-state index contributed by atoms with van der Waals surface area (Å²) in [5.41, 5.74) is 2.27. The van der Waals surface area contributed by atoms with Crippen LogP contribution in [0.3, 0.4) is 0 Å². The summed E-state index contributed by atoms with van der Waals surface area (Å²) in [6.07, 6.45) is 1.43. The summed E-state index contributed by atoms with van der Waals surface area (Å²) in [6, 6.07) is 21.4. The van der Waals surface area contributed by atoms with Crippen LogP contribution in [0.2, 0.25) is 0 Å². The van der Waals surface area contributed by atoms with Crippen molar-refractivity contribution >= 4 is 11.8 Å². The zero-order chi connectivity index (χ0) is 20.9. The molecule has 154 valence electrons. The number of nitrogens with one attached hydrogen (secondary N) is 1. The lowest BCUT2D eigenvalue weighted by molar-refractivity contribution is -0.132. The van der Waals surface area contributed by atoms with Crippen LogP contribution in [0.1, 0.15) is 46.1 Å². The first-order valence-electron chi connectivity index (χ1n) is 10.2. The van der Waals surface area contributed by atoms with E-state index in [9.17, 15) is 9.59 Å². The normalized spacial score (nSPS) is 14.7. The molecule has 1 fully saturated rings. The summed E-state index contributed by atoms with van der Waals surface area (Å²) in [7, 11) is 0. The number of nitrogens with zero attached hydrogens (tertiary/aromatic N) is 2. The summed E-state index contributed by atoms with van der Waals surface area (Å²) in [4.78, 5) is 27.7. The summed E-state index contributed by atoms with van der Waals surface area (Å²) >= 11 is 0. The zero-order valence-corrected chi connectivity index (χ0v) is 17.0. The van der Waals surface area contributed by atoms with Crippen LogP contribution >= 0.6 is 0 Å². The molecule has 30 heavy (non-hydrogen) atoms. The van der Waals surface area contributed by atoms with Gasteiger partial charge in [-0.2, -0.15) is 0 Å². The van der Waals surface area contributed by atoms with E-state index >= 15 is 0 Å². The van der Waals surface area contributed by atoms with Crippen molar-refractivity contribution in [2.24, 2.45) is 0 Å².